The van der Waals surface area contributed by atoms with Gasteiger partial charge in [-0.1, -0.05) is 142 Å². The summed E-state index contributed by atoms with van der Waals surface area (Å²) < 4.78 is 0. The predicted molar refractivity (Wildman–Crippen MR) is 150 cm³/mol. The number of unbranched alkanes of at least 4 members (excludes halogenated alkanes) is 20. The van der Waals surface area contributed by atoms with E-state index in [1.165, 1.54) is 122 Å². The fourth-order valence-electron chi connectivity index (χ4n) is 4.71. The van der Waals surface area contributed by atoms with E-state index in [1.54, 1.807) is 0 Å². The van der Waals surface area contributed by atoms with E-state index in [-0.39, 0.29) is 11.7 Å². The topological polar surface area (TPSA) is 34.1 Å². The molecule has 0 bridgehead atoms. The molecule has 0 aromatic heterocycles. The molecule has 2 nitrogen and oxygen atoms in total. The number of ketones is 1. The average molecular weight is 477 g/mol. The van der Waals surface area contributed by atoms with Crippen molar-refractivity contribution in [3.63, 3.8) is 0 Å². The lowest BCUT2D eigenvalue weighted by atomic mass is 9.94. The van der Waals surface area contributed by atoms with Crippen molar-refractivity contribution < 1.29 is 9.59 Å². The molecule has 0 saturated carbocycles. The highest BCUT2D eigenvalue weighted by Crippen LogP contribution is 2.16. The Hall–Kier alpha value is -0.920. The Kier molecular flexibility index (Phi) is 27.6. The molecule has 0 saturated heterocycles. The lowest BCUT2D eigenvalue weighted by Gasteiger charge is -2.09. The van der Waals surface area contributed by atoms with Crippen LogP contribution in [0.5, 0.6) is 0 Å². The molecule has 0 N–H and O–H groups in total. The zero-order valence-electron chi connectivity index (χ0n) is 23.3. The van der Waals surface area contributed by atoms with E-state index >= 15 is 0 Å². The maximum Gasteiger partial charge on any atom is 0.143 e. The fourth-order valence-corrected chi connectivity index (χ4v) is 4.71. The Bertz CT molecular complexity index is 454. The van der Waals surface area contributed by atoms with Crippen molar-refractivity contribution in [2.75, 3.05) is 0 Å². The normalized spacial score (nSPS) is 12.4. The first-order valence-electron chi connectivity index (χ1n) is 15.4. The summed E-state index contributed by atoms with van der Waals surface area (Å²) in [6.45, 7) is 4.53. The summed E-state index contributed by atoms with van der Waals surface area (Å²) >= 11 is 0. The molecule has 0 aromatic carbocycles. The third kappa shape index (κ3) is 24.2. The summed E-state index contributed by atoms with van der Waals surface area (Å²) in [7, 11) is 0. The van der Waals surface area contributed by atoms with Crippen LogP contribution >= 0.6 is 0 Å². The molecule has 0 aliphatic rings. The zero-order valence-corrected chi connectivity index (χ0v) is 23.3. The van der Waals surface area contributed by atoms with Crippen molar-refractivity contribution in [1.29, 1.82) is 0 Å². The molecular formula is C32H60O2. The van der Waals surface area contributed by atoms with Gasteiger partial charge < -0.3 is 4.79 Å². The summed E-state index contributed by atoms with van der Waals surface area (Å²) in [6, 6.07) is 0. The van der Waals surface area contributed by atoms with Crippen molar-refractivity contribution in [3.8, 4) is 0 Å². The molecule has 0 heterocycles. The molecule has 34 heavy (non-hydrogen) atoms. The monoisotopic (exact) mass is 476 g/mol. The van der Waals surface area contributed by atoms with Crippen molar-refractivity contribution in [2.24, 2.45) is 5.92 Å². The molecule has 1 atom stereocenters. The molecule has 0 fully saturated rings. The second-order valence-corrected chi connectivity index (χ2v) is 10.5. The van der Waals surface area contributed by atoms with Crippen LogP contribution in [0.25, 0.3) is 0 Å². The Morgan fingerprint density at radius 1 is 0.529 bits per heavy atom. The number of rotatable bonds is 28. The molecule has 0 spiro atoms. The van der Waals surface area contributed by atoms with Crippen molar-refractivity contribution in [2.45, 2.75) is 174 Å². The molecule has 0 rings (SSSR count). The van der Waals surface area contributed by atoms with Crippen LogP contribution in [0.15, 0.2) is 12.2 Å². The molecule has 0 aromatic rings. The summed E-state index contributed by atoms with van der Waals surface area (Å²) in [5.41, 5.74) is 0. The lowest BCUT2D eigenvalue weighted by Crippen LogP contribution is -2.15. The van der Waals surface area contributed by atoms with Gasteiger partial charge in [0.25, 0.3) is 0 Å². The van der Waals surface area contributed by atoms with Gasteiger partial charge in [0.15, 0.2) is 0 Å². The number of hydrogen-bond acceptors (Lipinski definition) is 2. The van der Waals surface area contributed by atoms with Gasteiger partial charge >= 0.3 is 0 Å². The second kappa shape index (κ2) is 28.3. The van der Waals surface area contributed by atoms with Crippen LogP contribution in [-0.2, 0) is 9.59 Å². The van der Waals surface area contributed by atoms with E-state index in [2.05, 4.69) is 26.0 Å². The molecule has 0 aliphatic carbocycles. The number of carbonyl (C=O) groups excluding carboxylic acids is 2. The third-order valence-electron chi connectivity index (χ3n) is 7.13. The van der Waals surface area contributed by atoms with Gasteiger partial charge in [0, 0.05) is 6.42 Å². The van der Waals surface area contributed by atoms with Gasteiger partial charge in [0.1, 0.15) is 12.1 Å². The zero-order chi connectivity index (χ0) is 25.0. The Morgan fingerprint density at radius 2 is 0.912 bits per heavy atom. The van der Waals surface area contributed by atoms with Crippen LogP contribution in [0.1, 0.15) is 174 Å². The van der Waals surface area contributed by atoms with Crippen LogP contribution < -0.4 is 0 Å². The quantitative estimate of drug-likeness (QED) is 0.0487. The standard InChI is InChI=1S/C32H60O2/c1-3-5-7-9-11-13-15-17-19-21-23-25-27-29-32(34)31(30-33)28-26-24-22-20-18-16-14-12-10-8-6-4-2/h14,16,30-31H,3-13,15,17-29H2,1-2H3. The first-order chi connectivity index (χ1) is 16.8. The van der Waals surface area contributed by atoms with Gasteiger partial charge in [-0.05, 0) is 38.5 Å². The molecule has 0 aliphatic heterocycles. The molecule has 200 valence electrons. The van der Waals surface area contributed by atoms with Crippen molar-refractivity contribution >= 4 is 12.1 Å². The summed E-state index contributed by atoms with van der Waals surface area (Å²) in [6.07, 6.45) is 36.4. The SMILES string of the molecule is CCCCCCC=CCCCCCCC(C=O)C(=O)CCCCCCCCCCCCCCC. The molecule has 2 heteroatoms. The lowest BCUT2D eigenvalue weighted by molar-refractivity contribution is -0.127. The number of aldehydes is 1. The maximum absolute atomic E-state index is 12.4. The Labute approximate surface area is 214 Å². The maximum atomic E-state index is 12.4. The Morgan fingerprint density at radius 3 is 1.38 bits per heavy atom. The van der Waals surface area contributed by atoms with E-state index < -0.39 is 0 Å². The average Bonchev–Trinajstić information content (AvgIpc) is 2.85. The highest BCUT2D eigenvalue weighted by Gasteiger charge is 2.16. The van der Waals surface area contributed by atoms with Crippen LogP contribution in [0.3, 0.4) is 0 Å². The van der Waals surface area contributed by atoms with Gasteiger partial charge in [-0.3, -0.25) is 4.79 Å². The number of Topliss-reactive ketones (excluding diaryl/α,β-unsaturated/α-hetero) is 1. The van der Waals surface area contributed by atoms with Crippen molar-refractivity contribution in [3.05, 3.63) is 12.2 Å². The van der Waals surface area contributed by atoms with Gasteiger partial charge in [-0.15, -0.1) is 0 Å². The number of hydrogen-bond donors (Lipinski definition) is 0. The van der Waals surface area contributed by atoms with E-state index in [9.17, 15) is 9.59 Å². The fraction of sp³-hybridized carbons (Fsp3) is 0.875. The van der Waals surface area contributed by atoms with Crippen LogP contribution in [0.4, 0.5) is 0 Å². The van der Waals surface area contributed by atoms with E-state index in [0.717, 1.165) is 38.4 Å². The van der Waals surface area contributed by atoms with Gasteiger partial charge in [0.05, 0.1) is 5.92 Å². The largest absolute Gasteiger partial charge is 0.303 e. The van der Waals surface area contributed by atoms with Crippen LogP contribution in [0.2, 0.25) is 0 Å². The van der Waals surface area contributed by atoms with E-state index in [4.69, 9.17) is 0 Å². The molecular weight excluding hydrogens is 416 g/mol. The first kappa shape index (κ1) is 33.1. The summed E-state index contributed by atoms with van der Waals surface area (Å²) in [4.78, 5) is 23.8. The molecule has 0 radical (unpaired) electrons. The number of allylic oxidation sites excluding steroid dienone is 2. The van der Waals surface area contributed by atoms with Gasteiger partial charge in [-0.25, -0.2) is 0 Å². The number of carbonyl (C=O) groups is 2. The van der Waals surface area contributed by atoms with Gasteiger partial charge in [-0.2, -0.15) is 0 Å². The van der Waals surface area contributed by atoms with Crippen LogP contribution in [0, 0.1) is 5.92 Å². The van der Waals surface area contributed by atoms with E-state index in [0.29, 0.717) is 6.42 Å². The minimum absolute atomic E-state index is 0.184. The second-order valence-electron chi connectivity index (χ2n) is 10.5. The van der Waals surface area contributed by atoms with Crippen LogP contribution in [-0.4, -0.2) is 12.1 Å². The Balaban J connectivity index is 3.49. The molecule has 0 amide bonds. The van der Waals surface area contributed by atoms with E-state index in [1.807, 2.05) is 0 Å². The minimum atomic E-state index is -0.347. The third-order valence-corrected chi connectivity index (χ3v) is 7.13. The van der Waals surface area contributed by atoms with Gasteiger partial charge in [0.2, 0.25) is 0 Å². The smallest absolute Gasteiger partial charge is 0.143 e. The summed E-state index contributed by atoms with van der Waals surface area (Å²) in [5.74, 6) is -0.163. The minimum Gasteiger partial charge on any atom is -0.303 e. The highest BCUT2D eigenvalue weighted by molar-refractivity contribution is 5.93. The molecule has 1 unspecified atom stereocenters. The first-order valence-corrected chi connectivity index (χ1v) is 15.4. The van der Waals surface area contributed by atoms with Crippen molar-refractivity contribution in [1.82, 2.24) is 0 Å². The predicted octanol–water partition coefficient (Wildman–Crippen LogP) is 10.7. The summed E-state index contributed by atoms with van der Waals surface area (Å²) in [5, 5.41) is 0. The highest BCUT2D eigenvalue weighted by atomic mass is 16.1.